The van der Waals surface area contributed by atoms with Gasteiger partial charge in [-0.3, -0.25) is 0 Å². The molecule has 0 saturated carbocycles. The molecule has 0 spiro atoms. The van der Waals surface area contributed by atoms with Crippen molar-refractivity contribution < 1.29 is 8.42 Å². The number of thiophene rings is 1. The van der Waals surface area contributed by atoms with Crippen LogP contribution in [0.15, 0.2) is 15.7 Å². The highest BCUT2D eigenvalue weighted by Crippen LogP contribution is 2.30. The molecule has 1 unspecified atom stereocenters. The summed E-state index contributed by atoms with van der Waals surface area (Å²) in [4.78, 5) is 0. The molecule has 1 fully saturated rings. The van der Waals surface area contributed by atoms with Crippen molar-refractivity contribution >= 4 is 21.4 Å². The predicted octanol–water partition coefficient (Wildman–Crippen LogP) is 2.16. The van der Waals surface area contributed by atoms with E-state index in [-0.39, 0.29) is 6.04 Å². The van der Waals surface area contributed by atoms with Crippen molar-refractivity contribution in [1.29, 1.82) is 0 Å². The van der Waals surface area contributed by atoms with Crippen LogP contribution in [0.3, 0.4) is 0 Å². The minimum atomic E-state index is -3.32. The third-order valence-electron chi connectivity index (χ3n) is 3.47. The molecule has 2 rings (SSSR count). The highest BCUT2D eigenvalue weighted by atomic mass is 32.2. The highest BCUT2D eigenvalue weighted by Gasteiger charge is 2.33. The van der Waals surface area contributed by atoms with Crippen LogP contribution in [-0.4, -0.2) is 25.3 Å². The minimum absolute atomic E-state index is 0.159. The number of hydrogen-bond donors (Lipinski definition) is 1. The number of nitrogens with two attached hydrogens (primary N) is 1. The van der Waals surface area contributed by atoms with Crippen molar-refractivity contribution in [2.75, 3.05) is 6.54 Å². The lowest BCUT2D eigenvalue weighted by Gasteiger charge is -2.33. The van der Waals surface area contributed by atoms with Gasteiger partial charge in [0.15, 0.2) is 0 Å². The quantitative estimate of drug-likeness (QED) is 0.923. The molecule has 1 atom stereocenters. The molecule has 0 radical (unpaired) electrons. The summed E-state index contributed by atoms with van der Waals surface area (Å²) in [7, 11) is -3.32. The number of piperidine rings is 1. The molecule has 1 aromatic rings. The van der Waals surface area contributed by atoms with Crippen LogP contribution in [0, 0.1) is 0 Å². The fourth-order valence-corrected chi connectivity index (χ4v) is 5.53. The standard InChI is InChI=1S/C12H20N2O2S2/c1-2-11-5-3-4-6-14(11)18(15,16)12-7-10(8-13)9-17-12/h7,9,11H,2-6,8,13H2,1H3. The van der Waals surface area contributed by atoms with Gasteiger partial charge in [-0.15, -0.1) is 11.3 Å². The summed E-state index contributed by atoms with van der Waals surface area (Å²) in [5.74, 6) is 0. The maximum atomic E-state index is 12.6. The molecule has 4 nitrogen and oxygen atoms in total. The molecule has 0 bridgehead atoms. The number of sulfonamides is 1. The van der Waals surface area contributed by atoms with E-state index in [4.69, 9.17) is 5.73 Å². The second kappa shape index (κ2) is 5.69. The van der Waals surface area contributed by atoms with E-state index in [9.17, 15) is 8.42 Å². The molecule has 6 heteroatoms. The molecular formula is C12H20N2O2S2. The second-order valence-corrected chi connectivity index (χ2v) is 7.68. The number of hydrogen-bond acceptors (Lipinski definition) is 4. The fourth-order valence-electron chi connectivity index (χ4n) is 2.41. The summed E-state index contributed by atoms with van der Waals surface area (Å²) >= 11 is 1.28. The first kappa shape index (κ1) is 14.0. The summed E-state index contributed by atoms with van der Waals surface area (Å²) in [6.45, 7) is 3.10. The van der Waals surface area contributed by atoms with Gasteiger partial charge in [-0.2, -0.15) is 4.31 Å². The first-order valence-electron chi connectivity index (χ1n) is 6.39. The molecule has 1 saturated heterocycles. The van der Waals surface area contributed by atoms with Crippen LogP contribution < -0.4 is 5.73 Å². The zero-order chi connectivity index (χ0) is 13.2. The Hall–Kier alpha value is -0.430. The SMILES string of the molecule is CCC1CCCCN1S(=O)(=O)c1cc(CN)cs1. The lowest BCUT2D eigenvalue weighted by atomic mass is 10.0. The van der Waals surface area contributed by atoms with Gasteiger partial charge in [-0.1, -0.05) is 13.3 Å². The average molecular weight is 288 g/mol. The maximum absolute atomic E-state index is 12.6. The van der Waals surface area contributed by atoms with Crippen LogP contribution in [0.1, 0.15) is 38.2 Å². The molecule has 2 N–H and O–H groups in total. The molecule has 2 heterocycles. The van der Waals surface area contributed by atoms with Gasteiger partial charge in [0.2, 0.25) is 0 Å². The number of rotatable bonds is 4. The van der Waals surface area contributed by atoms with Gasteiger partial charge in [0.05, 0.1) is 0 Å². The summed E-state index contributed by atoms with van der Waals surface area (Å²) < 4.78 is 27.3. The monoisotopic (exact) mass is 288 g/mol. The average Bonchev–Trinajstić information content (AvgIpc) is 2.88. The second-order valence-electron chi connectivity index (χ2n) is 4.65. The fraction of sp³-hybridized carbons (Fsp3) is 0.667. The molecule has 1 aliphatic rings. The van der Waals surface area contributed by atoms with Crippen LogP contribution in [0.25, 0.3) is 0 Å². The topological polar surface area (TPSA) is 63.4 Å². The molecule has 0 aliphatic carbocycles. The van der Waals surface area contributed by atoms with Gasteiger partial charge in [0, 0.05) is 19.1 Å². The minimum Gasteiger partial charge on any atom is -0.326 e. The molecule has 18 heavy (non-hydrogen) atoms. The van der Waals surface area contributed by atoms with Gasteiger partial charge < -0.3 is 5.73 Å². The van der Waals surface area contributed by atoms with E-state index in [1.807, 2.05) is 5.38 Å². The van der Waals surface area contributed by atoms with E-state index in [0.29, 0.717) is 17.3 Å². The molecule has 1 aliphatic heterocycles. The van der Waals surface area contributed by atoms with Crippen molar-refractivity contribution in [1.82, 2.24) is 4.31 Å². The van der Waals surface area contributed by atoms with Gasteiger partial charge in [-0.25, -0.2) is 8.42 Å². The molecule has 102 valence electrons. The third-order valence-corrected chi connectivity index (χ3v) is 6.89. The van der Waals surface area contributed by atoms with Crippen molar-refractivity contribution in [3.8, 4) is 0 Å². The molecule has 1 aromatic heterocycles. The van der Waals surface area contributed by atoms with Crippen molar-refractivity contribution in [3.63, 3.8) is 0 Å². The Morgan fingerprint density at radius 2 is 2.28 bits per heavy atom. The Morgan fingerprint density at radius 1 is 1.50 bits per heavy atom. The highest BCUT2D eigenvalue weighted by molar-refractivity contribution is 7.91. The summed E-state index contributed by atoms with van der Waals surface area (Å²) in [5, 5.41) is 1.83. The van der Waals surface area contributed by atoms with E-state index in [2.05, 4.69) is 6.92 Å². The van der Waals surface area contributed by atoms with Crippen LogP contribution in [0.5, 0.6) is 0 Å². The van der Waals surface area contributed by atoms with Crippen LogP contribution in [0.4, 0.5) is 0 Å². The molecular weight excluding hydrogens is 268 g/mol. The Morgan fingerprint density at radius 3 is 2.89 bits per heavy atom. The van der Waals surface area contributed by atoms with E-state index >= 15 is 0 Å². The first-order chi connectivity index (χ1) is 8.59. The smallest absolute Gasteiger partial charge is 0.252 e. The largest absolute Gasteiger partial charge is 0.326 e. The van der Waals surface area contributed by atoms with E-state index < -0.39 is 10.0 Å². The summed E-state index contributed by atoms with van der Waals surface area (Å²) in [6.07, 6.45) is 3.95. The summed E-state index contributed by atoms with van der Waals surface area (Å²) in [5.41, 5.74) is 6.43. The van der Waals surface area contributed by atoms with Crippen molar-refractivity contribution in [3.05, 3.63) is 17.0 Å². The number of nitrogens with zero attached hydrogens (tertiary/aromatic N) is 1. The van der Waals surface area contributed by atoms with E-state index in [1.165, 1.54) is 11.3 Å². The van der Waals surface area contributed by atoms with Crippen LogP contribution >= 0.6 is 11.3 Å². The molecule has 0 aromatic carbocycles. The zero-order valence-electron chi connectivity index (χ0n) is 10.6. The third kappa shape index (κ3) is 2.61. The van der Waals surface area contributed by atoms with Crippen molar-refractivity contribution in [2.45, 2.75) is 49.4 Å². The van der Waals surface area contributed by atoms with Crippen LogP contribution in [-0.2, 0) is 16.6 Å². The Balaban J connectivity index is 2.28. The van der Waals surface area contributed by atoms with Gasteiger partial charge in [0.1, 0.15) is 4.21 Å². The summed E-state index contributed by atoms with van der Waals surface area (Å²) in [6, 6.07) is 1.87. The van der Waals surface area contributed by atoms with Crippen LogP contribution in [0.2, 0.25) is 0 Å². The normalized spacial score (nSPS) is 22.2. The zero-order valence-corrected chi connectivity index (χ0v) is 12.3. The first-order valence-corrected chi connectivity index (χ1v) is 8.71. The molecule has 0 amide bonds. The Labute approximate surface area is 113 Å². The van der Waals surface area contributed by atoms with E-state index in [0.717, 1.165) is 31.2 Å². The van der Waals surface area contributed by atoms with E-state index in [1.54, 1.807) is 10.4 Å². The Kier molecular flexibility index (Phi) is 4.42. The van der Waals surface area contributed by atoms with Gasteiger partial charge in [-0.05, 0) is 36.3 Å². The van der Waals surface area contributed by atoms with Gasteiger partial charge >= 0.3 is 0 Å². The van der Waals surface area contributed by atoms with Gasteiger partial charge in [0.25, 0.3) is 10.0 Å². The maximum Gasteiger partial charge on any atom is 0.252 e. The lowest BCUT2D eigenvalue weighted by Crippen LogP contribution is -2.42. The van der Waals surface area contributed by atoms with Crippen molar-refractivity contribution in [2.24, 2.45) is 5.73 Å². The predicted molar refractivity (Wildman–Crippen MR) is 74.0 cm³/mol. The lowest BCUT2D eigenvalue weighted by molar-refractivity contribution is 0.247. The Bertz CT molecular complexity index is 496.